The second kappa shape index (κ2) is 7.68. The molecule has 0 saturated carbocycles. The topological polar surface area (TPSA) is 18.5 Å². The third-order valence-electron chi connectivity index (χ3n) is 3.33. The summed E-state index contributed by atoms with van der Waals surface area (Å²) in [4.78, 5) is 0. The van der Waals surface area contributed by atoms with Crippen molar-refractivity contribution in [2.45, 2.75) is 19.3 Å². The van der Waals surface area contributed by atoms with E-state index in [-0.39, 0.29) is 28.5 Å². The van der Waals surface area contributed by atoms with E-state index in [4.69, 9.17) is 7.66 Å². The molecule has 2 nitrogen and oxygen atoms in total. The smallest absolute Gasteiger partial charge is 0.316 e. The molecule has 2 aromatic rings. The van der Waals surface area contributed by atoms with Gasteiger partial charge < -0.3 is 7.66 Å². The molecule has 0 heterocycles. The van der Waals surface area contributed by atoms with Crippen LogP contribution in [0, 0.1) is 0 Å². The van der Waals surface area contributed by atoms with Gasteiger partial charge in [0.2, 0.25) is 0 Å². The van der Waals surface area contributed by atoms with Gasteiger partial charge in [-0.3, -0.25) is 0 Å². The average molecular weight is 412 g/mol. The maximum absolute atomic E-state index is 5.01. The number of rotatable bonds is 4. The summed E-state index contributed by atoms with van der Waals surface area (Å²) in [6.45, 7) is 4.39. The fourth-order valence-corrected chi connectivity index (χ4v) is 2.44. The van der Waals surface area contributed by atoms with Crippen molar-refractivity contribution in [1.82, 2.24) is 0 Å². The van der Waals surface area contributed by atoms with Crippen LogP contribution in [-0.2, 0) is 5.41 Å². The van der Waals surface area contributed by atoms with Crippen molar-refractivity contribution in [2.75, 3.05) is 0 Å². The van der Waals surface area contributed by atoms with Crippen LogP contribution >= 0.6 is 32.5 Å². The van der Waals surface area contributed by atoms with Crippen molar-refractivity contribution >= 4 is 55.6 Å². The largest absolute Gasteiger partial charge is 0.418 e. The van der Waals surface area contributed by atoms with E-state index in [9.17, 15) is 0 Å². The molecule has 0 fully saturated rings. The predicted molar refractivity (Wildman–Crippen MR) is 92.7 cm³/mol. The zero-order valence-electron chi connectivity index (χ0n) is 10.7. The van der Waals surface area contributed by atoms with E-state index in [1.165, 1.54) is 11.1 Å². The first kappa shape index (κ1) is 17.8. The third kappa shape index (κ3) is 3.90. The molecule has 0 radical (unpaired) electrons. The Bertz CT molecular complexity index is 489. The SMILES string of the molecule is CC(C)(c1ccc(OBr)cc1)c1ccc(OBr)cc1.[MgH2]. The van der Waals surface area contributed by atoms with Crippen molar-refractivity contribution in [3.8, 4) is 11.5 Å². The van der Waals surface area contributed by atoms with Crippen molar-refractivity contribution in [3.63, 3.8) is 0 Å². The Kier molecular flexibility index (Phi) is 6.84. The van der Waals surface area contributed by atoms with Gasteiger partial charge in [0, 0.05) is 5.41 Å². The highest BCUT2D eigenvalue weighted by Gasteiger charge is 2.23. The fourth-order valence-electron chi connectivity index (χ4n) is 2.01. The Morgan fingerprint density at radius 1 is 0.700 bits per heavy atom. The molecule has 0 bridgehead atoms. The van der Waals surface area contributed by atoms with Crippen LogP contribution in [0.5, 0.6) is 11.5 Å². The second-order valence-corrected chi connectivity index (χ2v) is 5.48. The lowest BCUT2D eigenvalue weighted by molar-refractivity contribution is 0.630. The fraction of sp³-hybridized carbons (Fsp3) is 0.200. The Morgan fingerprint density at radius 2 is 1.00 bits per heavy atom. The van der Waals surface area contributed by atoms with Crippen LogP contribution < -0.4 is 7.66 Å². The minimum Gasteiger partial charge on any atom is -0.418 e. The van der Waals surface area contributed by atoms with Crippen LogP contribution in [0.4, 0.5) is 0 Å². The van der Waals surface area contributed by atoms with Crippen molar-refractivity contribution in [3.05, 3.63) is 59.7 Å². The Balaban J connectivity index is 0.00000200. The van der Waals surface area contributed by atoms with Crippen LogP contribution in [-0.4, -0.2) is 23.1 Å². The lowest BCUT2D eigenvalue weighted by atomic mass is 9.78. The highest BCUT2D eigenvalue weighted by atomic mass is 79.9. The summed E-state index contributed by atoms with van der Waals surface area (Å²) in [5, 5.41) is 0. The summed E-state index contributed by atoms with van der Waals surface area (Å²) in [5.41, 5.74) is 2.39. The van der Waals surface area contributed by atoms with Gasteiger partial charge in [0.05, 0.1) is 0 Å². The van der Waals surface area contributed by atoms with Crippen LogP contribution in [0.2, 0.25) is 0 Å². The zero-order chi connectivity index (χ0) is 13.9. The van der Waals surface area contributed by atoms with Crippen molar-refractivity contribution in [1.29, 1.82) is 0 Å². The first-order valence-corrected chi connectivity index (χ1v) is 7.15. The van der Waals surface area contributed by atoms with Gasteiger partial charge in [0.15, 0.2) is 32.5 Å². The van der Waals surface area contributed by atoms with E-state index in [1.807, 2.05) is 24.3 Å². The Labute approximate surface area is 152 Å². The minimum absolute atomic E-state index is 0. The maximum atomic E-state index is 5.01. The standard InChI is InChI=1S/C15H14Br2O2.Mg.2H/c1-15(2,11-3-7-13(18-16)8-4-11)12-5-9-14(19-17)10-6-12;;;/h3-10H,1-2H3;;;. The van der Waals surface area contributed by atoms with Crippen LogP contribution in [0.3, 0.4) is 0 Å². The molecule has 0 atom stereocenters. The van der Waals surface area contributed by atoms with Gasteiger partial charge in [-0.1, -0.05) is 38.1 Å². The van der Waals surface area contributed by atoms with Crippen molar-refractivity contribution in [2.24, 2.45) is 0 Å². The molecule has 0 N–H and O–H groups in total. The molecule has 0 aliphatic rings. The number of hydrogen-bond donors (Lipinski definition) is 0. The molecule has 0 aliphatic heterocycles. The molecule has 2 aromatic carbocycles. The highest BCUT2D eigenvalue weighted by molar-refractivity contribution is 9.06. The van der Waals surface area contributed by atoms with E-state index >= 15 is 0 Å². The van der Waals surface area contributed by atoms with Gasteiger partial charge in [-0.15, -0.1) is 0 Å². The predicted octanol–water partition coefficient (Wildman–Crippen LogP) is 4.47. The zero-order valence-corrected chi connectivity index (χ0v) is 13.9. The maximum Gasteiger partial charge on any atom is 0.316 e. The number of halogens is 2. The van der Waals surface area contributed by atoms with E-state index in [0.29, 0.717) is 0 Å². The summed E-state index contributed by atoms with van der Waals surface area (Å²) in [6.07, 6.45) is 0. The first-order chi connectivity index (χ1) is 9.07. The monoisotopic (exact) mass is 410 g/mol. The van der Waals surface area contributed by atoms with Crippen LogP contribution in [0.1, 0.15) is 25.0 Å². The highest BCUT2D eigenvalue weighted by Crippen LogP contribution is 2.33. The molecule has 0 unspecified atom stereocenters. The molecule has 2 rings (SSSR count). The molecule has 0 aliphatic carbocycles. The molecule has 104 valence electrons. The molecule has 5 heteroatoms. The molecule has 0 amide bonds. The minimum atomic E-state index is -0.0737. The number of benzene rings is 2. The summed E-state index contributed by atoms with van der Waals surface area (Å²) >= 11 is 5.95. The van der Waals surface area contributed by atoms with Gasteiger partial charge in [0.25, 0.3) is 0 Å². The Hall–Kier alpha value is -0.234. The summed E-state index contributed by atoms with van der Waals surface area (Å²) in [7, 11) is 0. The normalized spacial score (nSPS) is 10.6. The van der Waals surface area contributed by atoms with Crippen LogP contribution in [0.25, 0.3) is 0 Å². The molecule has 20 heavy (non-hydrogen) atoms. The van der Waals surface area contributed by atoms with Gasteiger partial charge in [-0.25, -0.2) is 0 Å². The van der Waals surface area contributed by atoms with Gasteiger partial charge in [-0.2, -0.15) is 0 Å². The quantitative estimate of drug-likeness (QED) is 0.690. The summed E-state index contributed by atoms with van der Waals surface area (Å²) < 4.78 is 10.0. The lowest BCUT2D eigenvalue weighted by Crippen LogP contribution is -2.18. The van der Waals surface area contributed by atoms with Crippen LogP contribution in [0.15, 0.2) is 48.5 Å². The lowest BCUT2D eigenvalue weighted by Gasteiger charge is -2.26. The molecule has 0 saturated heterocycles. The van der Waals surface area contributed by atoms with Gasteiger partial charge in [0.1, 0.15) is 11.5 Å². The molecular weight excluding hydrogens is 396 g/mol. The summed E-state index contributed by atoms with van der Waals surface area (Å²) in [5.74, 6) is 1.59. The van der Waals surface area contributed by atoms with E-state index < -0.39 is 0 Å². The molecule has 0 aromatic heterocycles. The Morgan fingerprint density at radius 3 is 1.25 bits per heavy atom. The van der Waals surface area contributed by atoms with E-state index in [2.05, 4.69) is 70.6 Å². The summed E-state index contributed by atoms with van der Waals surface area (Å²) in [6, 6.07) is 16.1. The second-order valence-electron chi connectivity index (χ2n) is 4.83. The van der Waals surface area contributed by atoms with Crippen molar-refractivity contribution < 1.29 is 7.66 Å². The van der Waals surface area contributed by atoms with E-state index in [0.717, 1.165) is 11.5 Å². The number of hydrogen-bond acceptors (Lipinski definition) is 2. The third-order valence-corrected chi connectivity index (χ3v) is 4.08. The average Bonchev–Trinajstić information content (AvgIpc) is 2.47. The van der Waals surface area contributed by atoms with E-state index in [1.54, 1.807) is 0 Å². The van der Waals surface area contributed by atoms with Gasteiger partial charge >= 0.3 is 23.1 Å². The van der Waals surface area contributed by atoms with Gasteiger partial charge in [-0.05, 0) is 35.4 Å². The first-order valence-electron chi connectivity index (χ1n) is 5.86. The molecule has 0 spiro atoms. The molecular formula is C15H16Br2MgO2.